The average Bonchev–Trinajstić information content (AvgIpc) is 2.47. The van der Waals surface area contributed by atoms with Gasteiger partial charge in [0.1, 0.15) is 0 Å². The van der Waals surface area contributed by atoms with Crippen molar-refractivity contribution in [3.8, 4) is 5.69 Å². The molecule has 0 saturated carbocycles. The molecule has 0 aliphatic carbocycles. The van der Waals surface area contributed by atoms with Crippen molar-refractivity contribution in [3.05, 3.63) is 52.2 Å². The number of hydrogen-bond acceptors (Lipinski definition) is 1. The zero-order valence-corrected chi connectivity index (χ0v) is 9.19. The molecule has 3 heteroatoms. The van der Waals surface area contributed by atoms with Gasteiger partial charge in [-0.15, -0.1) is 0 Å². The normalized spacial score (nSPS) is 10.6. The SMILES string of the molecule is Cc1ccccc1-n1cc(C)n(C)c1=O. The summed E-state index contributed by atoms with van der Waals surface area (Å²) in [6.07, 6.45) is 1.87. The Morgan fingerprint density at radius 2 is 1.80 bits per heavy atom. The van der Waals surface area contributed by atoms with Crippen LogP contribution in [0.15, 0.2) is 35.3 Å². The molecule has 0 N–H and O–H groups in total. The van der Waals surface area contributed by atoms with Crippen LogP contribution in [0.1, 0.15) is 11.3 Å². The Morgan fingerprint density at radius 1 is 1.13 bits per heavy atom. The highest BCUT2D eigenvalue weighted by atomic mass is 16.1. The monoisotopic (exact) mass is 202 g/mol. The molecule has 78 valence electrons. The summed E-state index contributed by atoms with van der Waals surface area (Å²) in [5.41, 5.74) is 3.02. The zero-order chi connectivity index (χ0) is 11.0. The van der Waals surface area contributed by atoms with Crippen molar-refractivity contribution in [2.24, 2.45) is 7.05 Å². The maximum Gasteiger partial charge on any atom is 0.332 e. The van der Waals surface area contributed by atoms with Crippen molar-refractivity contribution in [2.45, 2.75) is 13.8 Å². The molecule has 1 heterocycles. The van der Waals surface area contributed by atoms with E-state index >= 15 is 0 Å². The Kier molecular flexibility index (Phi) is 2.23. The van der Waals surface area contributed by atoms with E-state index in [-0.39, 0.29) is 5.69 Å². The quantitative estimate of drug-likeness (QED) is 0.692. The molecule has 0 amide bonds. The van der Waals surface area contributed by atoms with Gasteiger partial charge in [0.15, 0.2) is 0 Å². The fraction of sp³-hybridized carbons (Fsp3) is 0.250. The average molecular weight is 202 g/mol. The van der Waals surface area contributed by atoms with Crippen LogP contribution in [0.2, 0.25) is 0 Å². The molecule has 1 aromatic heterocycles. The van der Waals surface area contributed by atoms with E-state index in [9.17, 15) is 4.79 Å². The summed E-state index contributed by atoms with van der Waals surface area (Å²) in [4.78, 5) is 11.9. The lowest BCUT2D eigenvalue weighted by Crippen LogP contribution is -2.21. The lowest BCUT2D eigenvalue weighted by Gasteiger charge is -2.04. The first-order chi connectivity index (χ1) is 7.11. The summed E-state index contributed by atoms with van der Waals surface area (Å²) in [6.45, 7) is 3.93. The van der Waals surface area contributed by atoms with E-state index in [1.165, 1.54) is 0 Å². The molecule has 0 radical (unpaired) electrons. The molecule has 0 aliphatic heterocycles. The number of aryl methyl sites for hydroxylation is 2. The number of rotatable bonds is 1. The largest absolute Gasteiger partial charge is 0.332 e. The van der Waals surface area contributed by atoms with Crippen LogP contribution in [-0.2, 0) is 7.05 Å². The maximum atomic E-state index is 11.9. The van der Waals surface area contributed by atoms with Crippen molar-refractivity contribution in [2.75, 3.05) is 0 Å². The number of imidazole rings is 1. The number of nitrogens with zero attached hydrogens (tertiary/aromatic N) is 2. The molecule has 0 aliphatic rings. The number of para-hydroxylation sites is 1. The molecule has 2 rings (SSSR count). The van der Waals surface area contributed by atoms with Gasteiger partial charge in [-0.25, -0.2) is 4.79 Å². The summed E-state index contributed by atoms with van der Waals surface area (Å²) in [5.74, 6) is 0. The van der Waals surface area contributed by atoms with E-state index < -0.39 is 0 Å². The molecular formula is C12H14N2O. The fourth-order valence-electron chi connectivity index (χ4n) is 1.65. The highest BCUT2D eigenvalue weighted by molar-refractivity contribution is 5.40. The first kappa shape index (κ1) is 9.77. The lowest BCUT2D eigenvalue weighted by atomic mass is 10.2. The Balaban J connectivity index is 2.70. The molecule has 0 saturated heterocycles. The Morgan fingerprint density at radius 3 is 2.33 bits per heavy atom. The third kappa shape index (κ3) is 1.50. The molecular weight excluding hydrogens is 188 g/mol. The predicted molar refractivity (Wildman–Crippen MR) is 60.5 cm³/mol. The van der Waals surface area contributed by atoms with Crippen LogP contribution in [0.4, 0.5) is 0 Å². The van der Waals surface area contributed by atoms with Crippen LogP contribution in [0, 0.1) is 13.8 Å². The Hall–Kier alpha value is -1.77. The first-order valence-corrected chi connectivity index (χ1v) is 4.92. The minimum Gasteiger partial charge on any atom is -0.299 e. The molecule has 0 atom stereocenters. The molecule has 0 bridgehead atoms. The van der Waals surface area contributed by atoms with Gasteiger partial charge < -0.3 is 0 Å². The van der Waals surface area contributed by atoms with Crippen LogP contribution in [0.25, 0.3) is 5.69 Å². The second-order valence-corrected chi connectivity index (χ2v) is 3.77. The molecule has 2 aromatic rings. The third-order valence-electron chi connectivity index (χ3n) is 2.71. The van der Waals surface area contributed by atoms with Gasteiger partial charge in [0.25, 0.3) is 0 Å². The van der Waals surface area contributed by atoms with Gasteiger partial charge in [-0.2, -0.15) is 0 Å². The van der Waals surface area contributed by atoms with Crippen LogP contribution >= 0.6 is 0 Å². The van der Waals surface area contributed by atoms with Crippen LogP contribution in [-0.4, -0.2) is 9.13 Å². The van der Waals surface area contributed by atoms with Crippen molar-refractivity contribution < 1.29 is 0 Å². The Labute approximate surface area is 88.6 Å². The van der Waals surface area contributed by atoms with Gasteiger partial charge in [0.2, 0.25) is 0 Å². The van der Waals surface area contributed by atoms with E-state index in [1.54, 1.807) is 16.2 Å². The molecule has 1 aromatic carbocycles. The number of hydrogen-bond donors (Lipinski definition) is 0. The molecule has 3 nitrogen and oxygen atoms in total. The van der Waals surface area contributed by atoms with Gasteiger partial charge in [0, 0.05) is 18.9 Å². The molecule has 15 heavy (non-hydrogen) atoms. The van der Waals surface area contributed by atoms with Crippen LogP contribution in [0.3, 0.4) is 0 Å². The Bertz CT molecular complexity index is 549. The summed E-state index contributed by atoms with van der Waals surface area (Å²) in [5, 5.41) is 0. The van der Waals surface area contributed by atoms with Crippen molar-refractivity contribution in [1.29, 1.82) is 0 Å². The lowest BCUT2D eigenvalue weighted by molar-refractivity contribution is 0.802. The minimum absolute atomic E-state index is 0.00167. The second-order valence-electron chi connectivity index (χ2n) is 3.77. The molecule has 0 spiro atoms. The van der Waals surface area contributed by atoms with Gasteiger partial charge in [-0.05, 0) is 25.5 Å². The first-order valence-electron chi connectivity index (χ1n) is 4.92. The summed E-state index contributed by atoms with van der Waals surface area (Å²) in [7, 11) is 1.78. The van der Waals surface area contributed by atoms with Gasteiger partial charge in [-0.1, -0.05) is 18.2 Å². The van der Waals surface area contributed by atoms with Gasteiger partial charge in [-0.3, -0.25) is 9.13 Å². The van der Waals surface area contributed by atoms with E-state index in [4.69, 9.17) is 0 Å². The smallest absolute Gasteiger partial charge is 0.299 e. The molecule has 0 unspecified atom stereocenters. The van der Waals surface area contributed by atoms with E-state index in [0.29, 0.717) is 0 Å². The summed E-state index contributed by atoms with van der Waals surface area (Å²) < 4.78 is 3.33. The van der Waals surface area contributed by atoms with Crippen LogP contribution in [0.5, 0.6) is 0 Å². The van der Waals surface area contributed by atoms with E-state index in [1.807, 2.05) is 44.3 Å². The zero-order valence-electron chi connectivity index (χ0n) is 9.19. The summed E-state index contributed by atoms with van der Waals surface area (Å²) >= 11 is 0. The van der Waals surface area contributed by atoms with E-state index in [2.05, 4.69) is 0 Å². The number of aromatic nitrogens is 2. The van der Waals surface area contributed by atoms with Crippen molar-refractivity contribution >= 4 is 0 Å². The fourth-order valence-corrected chi connectivity index (χ4v) is 1.65. The highest BCUT2D eigenvalue weighted by Gasteiger charge is 2.07. The third-order valence-corrected chi connectivity index (χ3v) is 2.71. The maximum absolute atomic E-state index is 11.9. The van der Waals surface area contributed by atoms with Crippen molar-refractivity contribution in [3.63, 3.8) is 0 Å². The van der Waals surface area contributed by atoms with Crippen molar-refractivity contribution in [1.82, 2.24) is 9.13 Å². The van der Waals surface area contributed by atoms with Gasteiger partial charge >= 0.3 is 5.69 Å². The highest BCUT2D eigenvalue weighted by Crippen LogP contribution is 2.11. The molecule has 0 fully saturated rings. The topological polar surface area (TPSA) is 26.9 Å². The predicted octanol–water partition coefficient (Wildman–Crippen LogP) is 1.79. The van der Waals surface area contributed by atoms with Gasteiger partial charge in [0.05, 0.1) is 5.69 Å². The standard InChI is InChI=1S/C12H14N2O/c1-9-6-4-5-7-11(9)14-8-10(2)13(3)12(14)15/h4-8H,1-3H3. The second kappa shape index (κ2) is 3.42. The minimum atomic E-state index is 0.00167. The van der Waals surface area contributed by atoms with E-state index in [0.717, 1.165) is 16.9 Å². The summed E-state index contributed by atoms with van der Waals surface area (Å²) in [6, 6.07) is 7.87. The van der Waals surface area contributed by atoms with Crippen LogP contribution < -0.4 is 5.69 Å². The number of benzene rings is 1.